The maximum absolute atomic E-state index is 11.6. The van der Waals surface area contributed by atoms with Crippen molar-refractivity contribution >= 4 is 23.3 Å². The Morgan fingerprint density at radius 2 is 1.90 bits per heavy atom. The van der Waals surface area contributed by atoms with E-state index < -0.39 is 0 Å². The molecule has 1 fully saturated rings. The first-order valence-corrected chi connectivity index (χ1v) is 7.28. The van der Waals surface area contributed by atoms with Crippen LogP contribution in [0.3, 0.4) is 0 Å². The summed E-state index contributed by atoms with van der Waals surface area (Å²) in [5, 5.41) is 3.29. The number of piperidine rings is 1. The summed E-state index contributed by atoms with van der Waals surface area (Å²) in [5.41, 5.74) is 3.05. The quantitative estimate of drug-likeness (QED) is 0.649. The maximum Gasteiger partial charge on any atom is 0.343 e. The fourth-order valence-electron chi connectivity index (χ4n) is 2.16. The predicted octanol–water partition coefficient (Wildman–Crippen LogP) is 2.88. The van der Waals surface area contributed by atoms with Crippen LogP contribution in [0.4, 0.5) is 10.5 Å². The molecule has 1 aromatic rings. The van der Waals surface area contributed by atoms with E-state index in [1.54, 1.807) is 24.3 Å². The highest BCUT2D eigenvalue weighted by Crippen LogP contribution is 2.13. The Morgan fingerprint density at radius 1 is 1.20 bits per heavy atom. The van der Waals surface area contributed by atoms with E-state index in [-0.39, 0.29) is 6.03 Å². The number of anilines is 1. The lowest BCUT2D eigenvalue weighted by Gasteiger charge is -2.25. The van der Waals surface area contributed by atoms with E-state index in [2.05, 4.69) is 15.7 Å². The summed E-state index contributed by atoms with van der Waals surface area (Å²) in [6.45, 7) is 3.59. The molecule has 1 saturated heterocycles. The molecule has 110 valence electrons. The molecular weight excluding hydrogens is 278 g/mol. The molecule has 6 heteroatoms. The lowest BCUT2D eigenvalue weighted by molar-refractivity contribution is 0.0454. The summed E-state index contributed by atoms with van der Waals surface area (Å²) in [6, 6.07) is 6.51. The van der Waals surface area contributed by atoms with Crippen LogP contribution in [-0.4, -0.2) is 37.2 Å². The Balaban J connectivity index is 1.59. The number of rotatable bonds is 5. The third-order valence-corrected chi connectivity index (χ3v) is 3.48. The van der Waals surface area contributed by atoms with E-state index in [1.807, 2.05) is 0 Å². The number of urea groups is 1. The van der Waals surface area contributed by atoms with Crippen molar-refractivity contribution in [3.63, 3.8) is 0 Å². The predicted molar refractivity (Wildman–Crippen MR) is 79.8 cm³/mol. The van der Waals surface area contributed by atoms with Gasteiger partial charge in [-0.2, -0.15) is 0 Å². The maximum atomic E-state index is 11.6. The van der Waals surface area contributed by atoms with Gasteiger partial charge in [0, 0.05) is 17.3 Å². The number of hydrogen-bond donors (Lipinski definition) is 2. The number of halogens is 1. The Kier molecular flexibility index (Phi) is 6.11. The molecule has 20 heavy (non-hydrogen) atoms. The molecule has 5 nitrogen and oxygen atoms in total. The molecule has 0 aliphatic carbocycles. The van der Waals surface area contributed by atoms with Gasteiger partial charge in [-0.05, 0) is 50.2 Å². The molecule has 0 atom stereocenters. The number of nitrogens with zero attached hydrogens (tertiary/aromatic N) is 1. The van der Waals surface area contributed by atoms with Gasteiger partial charge in [-0.25, -0.2) is 10.3 Å². The Bertz CT molecular complexity index is 419. The molecule has 1 aliphatic heterocycles. The van der Waals surface area contributed by atoms with Gasteiger partial charge in [0.25, 0.3) is 0 Å². The second kappa shape index (κ2) is 8.09. The van der Waals surface area contributed by atoms with E-state index in [4.69, 9.17) is 16.4 Å². The van der Waals surface area contributed by atoms with Gasteiger partial charge >= 0.3 is 6.03 Å². The van der Waals surface area contributed by atoms with Crippen LogP contribution in [0.2, 0.25) is 5.02 Å². The molecule has 1 heterocycles. The lowest BCUT2D eigenvalue weighted by atomic mass is 10.1. The third-order valence-electron chi connectivity index (χ3n) is 3.23. The summed E-state index contributed by atoms with van der Waals surface area (Å²) >= 11 is 5.77. The fraction of sp³-hybridized carbons (Fsp3) is 0.500. The monoisotopic (exact) mass is 297 g/mol. The van der Waals surface area contributed by atoms with Gasteiger partial charge in [-0.3, -0.25) is 4.84 Å². The Hall–Kier alpha value is -1.30. The molecule has 0 radical (unpaired) electrons. The zero-order valence-electron chi connectivity index (χ0n) is 11.4. The van der Waals surface area contributed by atoms with Gasteiger partial charge in [0.15, 0.2) is 0 Å². The number of likely N-dealkylation sites (tertiary alicyclic amines) is 1. The average molecular weight is 298 g/mol. The van der Waals surface area contributed by atoms with Crippen LogP contribution < -0.4 is 10.8 Å². The van der Waals surface area contributed by atoms with Crippen molar-refractivity contribution in [2.45, 2.75) is 19.3 Å². The van der Waals surface area contributed by atoms with Crippen molar-refractivity contribution in [1.29, 1.82) is 0 Å². The molecule has 2 N–H and O–H groups in total. The van der Waals surface area contributed by atoms with Gasteiger partial charge in [-0.15, -0.1) is 0 Å². The summed E-state index contributed by atoms with van der Waals surface area (Å²) < 4.78 is 0. The van der Waals surface area contributed by atoms with Crippen molar-refractivity contribution in [2.75, 3.05) is 31.6 Å². The zero-order chi connectivity index (χ0) is 14.2. The summed E-state index contributed by atoms with van der Waals surface area (Å²) in [6.07, 6.45) is 3.83. The first-order valence-electron chi connectivity index (χ1n) is 6.91. The minimum absolute atomic E-state index is 0.383. The third kappa shape index (κ3) is 5.36. The van der Waals surface area contributed by atoms with Crippen LogP contribution in [0.25, 0.3) is 0 Å². The fourth-order valence-corrected chi connectivity index (χ4v) is 2.29. The van der Waals surface area contributed by atoms with E-state index in [1.165, 1.54) is 19.3 Å². The summed E-state index contributed by atoms with van der Waals surface area (Å²) in [5.74, 6) is 0. The molecule has 2 rings (SSSR count). The SMILES string of the molecule is O=C(NOCCN1CCCCC1)Nc1ccc(Cl)cc1. The Morgan fingerprint density at radius 3 is 2.60 bits per heavy atom. The number of amides is 2. The highest BCUT2D eigenvalue weighted by Gasteiger charge is 2.09. The Labute approximate surface area is 124 Å². The molecule has 1 aromatic carbocycles. The van der Waals surface area contributed by atoms with Gasteiger partial charge in [-0.1, -0.05) is 18.0 Å². The minimum atomic E-state index is -0.383. The van der Waals surface area contributed by atoms with E-state index in [0.717, 1.165) is 19.6 Å². The van der Waals surface area contributed by atoms with Crippen molar-refractivity contribution < 1.29 is 9.63 Å². The van der Waals surface area contributed by atoms with Gasteiger partial charge in [0.2, 0.25) is 0 Å². The molecule has 0 bridgehead atoms. The highest BCUT2D eigenvalue weighted by atomic mass is 35.5. The van der Waals surface area contributed by atoms with Crippen LogP contribution in [0.1, 0.15) is 19.3 Å². The van der Waals surface area contributed by atoms with Crippen LogP contribution in [0.5, 0.6) is 0 Å². The summed E-state index contributed by atoms with van der Waals surface area (Å²) in [4.78, 5) is 19.1. The first kappa shape index (κ1) is 15.1. The van der Waals surface area contributed by atoms with Crippen molar-refractivity contribution in [3.8, 4) is 0 Å². The van der Waals surface area contributed by atoms with E-state index in [9.17, 15) is 4.79 Å². The number of benzene rings is 1. The molecular formula is C14H20ClN3O2. The second-order valence-corrected chi connectivity index (χ2v) is 5.25. The molecule has 1 aliphatic rings. The number of hydrogen-bond acceptors (Lipinski definition) is 3. The van der Waals surface area contributed by atoms with Crippen molar-refractivity contribution in [3.05, 3.63) is 29.3 Å². The lowest BCUT2D eigenvalue weighted by Crippen LogP contribution is -2.36. The van der Waals surface area contributed by atoms with Gasteiger partial charge < -0.3 is 10.2 Å². The molecule has 0 unspecified atom stereocenters. The number of hydroxylamine groups is 1. The normalized spacial score (nSPS) is 15.8. The average Bonchev–Trinajstić information content (AvgIpc) is 2.47. The van der Waals surface area contributed by atoms with Crippen LogP contribution in [-0.2, 0) is 4.84 Å². The van der Waals surface area contributed by atoms with Crippen LogP contribution in [0, 0.1) is 0 Å². The summed E-state index contributed by atoms with van der Waals surface area (Å²) in [7, 11) is 0. The smallest absolute Gasteiger partial charge is 0.306 e. The zero-order valence-corrected chi connectivity index (χ0v) is 12.2. The molecule has 0 aromatic heterocycles. The van der Waals surface area contributed by atoms with Crippen LogP contribution >= 0.6 is 11.6 Å². The largest absolute Gasteiger partial charge is 0.343 e. The van der Waals surface area contributed by atoms with Gasteiger partial charge in [0.05, 0.1) is 6.61 Å². The molecule has 0 spiro atoms. The first-order chi connectivity index (χ1) is 9.74. The molecule has 2 amide bonds. The number of nitrogens with one attached hydrogen (secondary N) is 2. The molecule has 0 saturated carbocycles. The number of carbonyl (C=O) groups excluding carboxylic acids is 1. The number of carbonyl (C=O) groups is 1. The highest BCUT2D eigenvalue weighted by molar-refractivity contribution is 6.30. The van der Waals surface area contributed by atoms with E-state index >= 15 is 0 Å². The van der Waals surface area contributed by atoms with Gasteiger partial charge in [0.1, 0.15) is 0 Å². The minimum Gasteiger partial charge on any atom is -0.306 e. The van der Waals surface area contributed by atoms with Crippen molar-refractivity contribution in [2.24, 2.45) is 0 Å². The standard InChI is InChI=1S/C14H20ClN3O2/c15-12-4-6-13(7-5-12)16-14(19)17-20-11-10-18-8-2-1-3-9-18/h4-7H,1-3,8-11H2,(H2,16,17,19). The van der Waals surface area contributed by atoms with Crippen LogP contribution in [0.15, 0.2) is 24.3 Å². The van der Waals surface area contributed by atoms with Crippen molar-refractivity contribution in [1.82, 2.24) is 10.4 Å². The topological polar surface area (TPSA) is 53.6 Å². The second-order valence-electron chi connectivity index (χ2n) is 4.81. The van der Waals surface area contributed by atoms with E-state index in [0.29, 0.717) is 17.3 Å².